The first-order valence-electron chi connectivity index (χ1n) is 5.77. The summed E-state index contributed by atoms with van der Waals surface area (Å²) >= 11 is 1.81. The molecule has 1 heterocycles. The molecule has 7 heteroatoms. The molecule has 0 radical (unpaired) electrons. The van der Waals surface area contributed by atoms with Crippen LogP contribution in [0.25, 0.3) is 0 Å². The van der Waals surface area contributed by atoms with Crippen molar-refractivity contribution in [2.75, 3.05) is 27.2 Å². The molecule has 0 amide bonds. The van der Waals surface area contributed by atoms with Crippen LogP contribution in [0.1, 0.15) is 11.3 Å². The first kappa shape index (κ1) is 17.6. The van der Waals surface area contributed by atoms with Gasteiger partial charge in [0, 0.05) is 11.4 Å². The third-order valence-corrected chi connectivity index (χ3v) is 2.90. The molecule has 0 aliphatic rings. The maximum absolute atomic E-state index is 9.10. The van der Waals surface area contributed by atoms with Crippen LogP contribution in [0.4, 0.5) is 0 Å². The zero-order chi connectivity index (χ0) is 14.7. The molecular weight excluding hydrogens is 268 g/mol. The number of hydrogen-bond donors (Lipinski definition) is 3. The van der Waals surface area contributed by atoms with Crippen LogP contribution in [0, 0.1) is 0 Å². The minimum atomic E-state index is -1.82. The lowest BCUT2D eigenvalue weighted by Gasteiger charge is -2.09. The summed E-state index contributed by atoms with van der Waals surface area (Å²) in [4.78, 5) is 21.8. The van der Waals surface area contributed by atoms with Gasteiger partial charge in [0.15, 0.2) is 0 Å². The third-order valence-electron chi connectivity index (χ3n) is 2.02. The SMILES string of the molecule is CN(C)CCCNCc1cccs1.O=C(O)C(=O)O. The van der Waals surface area contributed by atoms with E-state index in [4.69, 9.17) is 19.8 Å². The predicted octanol–water partition coefficient (Wildman–Crippen LogP) is 0.945. The first-order chi connectivity index (χ1) is 8.93. The van der Waals surface area contributed by atoms with Crippen LogP contribution in [-0.4, -0.2) is 54.2 Å². The van der Waals surface area contributed by atoms with Crippen LogP contribution in [-0.2, 0) is 16.1 Å². The van der Waals surface area contributed by atoms with Crippen molar-refractivity contribution in [3.05, 3.63) is 22.4 Å². The van der Waals surface area contributed by atoms with Gasteiger partial charge >= 0.3 is 11.9 Å². The van der Waals surface area contributed by atoms with E-state index in [1.165, 1.54) is 11.3 Å². The number of carboxylic acids is 2. The second kappa shape index (κ2) is 10.5. The van der Waals surface area contributed by atoms with Crippen molar-refractivity contribution in [2.45, 2.75) is 13.0 Å². The summed E-state index contributed by atoms with van der Waals surface area (Å²) in [7, 11) is 4.22. The predicted molar refractivity (Wildman–Crippen MR) is 74.5 cm³/mol. The van der Waals surface area contributed by atoms with Crippen molar-refractivity contribution in [3.63, 3.8) is 0 Å². The van der Waals surface area contributed by atoms with Gasteiger partial charge in [0.05, 0.1) is 0 Å². The Hall–Kier alpha value is -1.44. The molecule has 0 bridgehead atoms. The van der Waals surface area contributed by atoms with Crippen LogP contribution in [0.15, 0.2) is 17.5 Å². The smallest absolute Gasteiger partial charge is 0.414 e. The molecule has 6 nitrogen and oxygen atoms in total. The van der Waals surface area contributed by atoms with Crippen LogP contribution >= 0.6 is 11.3 Å². The van der Waals surface area contributed by atoms with E-state index in [-0.39, 0.29) is 0 Å². The number of nitrogens with zero attached hydrogens (tertiary/aromatic N) is 1. The molecule has 3 N–H and O–H groups in total. The topological polar surface area (TPSA) is 89.9 Å². The zero-order valence-electron chi connectivity index (χ0n) is 11.1. The van der Waals surface area contributed by atoms with Crippen molar-refractivity contribution < 1.29 is 19.8 Å². The summed E-state index contributed by atoms with van der Waals surface area (Å²) in [6.07, 6.45) is 1.22. The fraction of sp³-hybridized carbons (Fsp3) is 0.500. The highest BCUT2D eigenvalue weighted by Crippen LogP contribution is 2.06. The van der Waals surface area contributed by atoms with Crippen LogP contribution in [0.2, 0.25) is 0 Å². The molecule has 0 unspecified atom stereocenters. The number of aliphatic carboxylic acids is 2. The summed E-state index contributed by atoms with van der Waals surface area (Å²) in [5, 5.41) is 20.3. The maximum Gasteiger partial charge on any atom is 0.414 e. The van der Waals surface area contributed by atoms with Gasteiger partial charge in [0.25, 0.3) is 0 Å². The Kier molecular flexibility index (Phi) is 9.69. The van der Waals surface area contributed by atoms with Crippen molar-refractivity contribution in [2.24, 2.45) is 0 Å². The Labute approximate surface area is 116 Å². The van der Waals surface area contributed by atoms with E-state index in [9.17, 15) is 0 Å². The molecule has 19 heavy (non-hydrogen) atoms. The van der Waals surface area contributed by atoms with Gasteiger partial charge in [0.1, 0.15) is 0 Å². The first-order valence-corrected chi connectivity index (χ1v) is 6.65. The molecule has 108 valence electrons. The molecule has 0 spiro atoms. The highest BCUT2D eigenvalue weighted by Gasteiger charge is 2.04. The maximum atomic E-state index is 9.10. The van der Waals surface area contributed by atoms with Gasteiger partial charge in [-0.05, 0) is 45.1 Å². The summed E-state index contributed by atoms with van der Waals surface area (Å²) in [5.41, 5.74) is 0. The standard InChI is InChI=1S/C10H18N2S.C2H2O4/c1-12(2)7-4-6-11-9-10-5-3-8-13-10;3-1(4)2(5)6/h3,5,8,11H,4,6-7,9H2,1-2H3;(H,3,4)(H,5,6). The van der Waals surface area contributed by atoms with Crippen molar-refractivity contribution in [1.29, 1.82) is 0 Å². The van der Waals surface area contributed by atoms with Gasteiger partial charge in [-0.1, -0.05) is 6.07 Å². The van der Waals surface area contributed by atoms with Crippen molar-refractivity contribution in [1.82, 2.24) is 10.2 Å². The van der Waals surface area contributed by atoms with Gasteiger partial charge < -0.3 is 20.4 Å². The fourth-order valence-electron chi connectivity index (χ4n) is 1.15. The number of rotatable bonds is 6. The Bertz CT molecular complexity index is 354. The van der Waals surface area contributed by atoms with Crippen LogP contribution < -0.4 is 5.32 Å². The van der Waals surface area contributed by atoms with Gasteiger partial charge in [-0.25, -0.2) is 9.59 Å². The quantitative estimate of drug-likeness (QED) is 0.533. The molecule has 0 saturated carbocycles. The number of carboxylic acid groups (broad SMARTS) is 2. The second-order valence-electron chi connectivity index (χ2n) is 4.02. The van der Waals surface area contributed by atoms with E-state index < -0.39 is 11.9 Å². The van der Waals surface area contributed by atoms with E-state index in [0.29, 0.717) is 0 Å². The number of hydrogen-bond acceptors (Lipinski definition) is 5. The molecule has 0 aliphatic heterocycles. The van der Waals surface area contributed by atoms with Gasteiger partial charge in [0.2, 0.25) is 0 Å². The lowest BCUT2D eigenvalue weighted by Crippen LogP contribution is -2.20. The number of carbonyl (C=O) groups is 2. The van der Waals surface area contributed by atoms with E-state index in [1.807, 2.05) is 11.3 Å². The molecule has 0 fully saturated rings. The molecular formula is C12H20N2O4S. The van der Waals surface area contributed by atoms with Gasteiger partial charge in [-0.3, -0.25) is 0 Å². The van der Waals surface area contributed by atoms with E-state index in [2.05, 4.69) is 41.8 Å². The van der Waals surface area contributed by atoms with Gasteiger partial charge in [-0.2, -0.15) is 0 Å². The number of nitrogens with one attached hydrogen (secondary N) is 1. The molecule has 0 aromatic carbocycles. The minimum Gasteiger partial charge on any atom is -0.473 e. The van der Waals surface area contributed by atoms with E-state index in [1.54, 1.807) is 0 Å². The molecule has 0 aliphatic carbocycles. The highest BCUT2D eigenvalue weighted by atomic mass is 32.1. The average molecular weight is 288 g/mol. The monoisotopic (exact) mass is 288 g/mol. The Morgan fingerprint density at radius 3 is 2.37 bits per heavy atom. The lowest BCUT2D eigenvalue weighted by molar-refractivity contribution is -0.159. The Morgan fingerprint density at radius 1 is 1.32 bits per heavy atom. The van der Waals surface area contributed by atoms with Crippen molar-refractivity contribution >= 4 is 23.3 Å². The fourth-order valence-corrected chi connectivity index (χ4v) is 1.82. The summed E-state index contributed by atoms with van der Waals surface area (Å²) in [6, 6.07) is 4.27. The van der Waals surface area contributed by atoms with Gasteiger partial charge in [-0.15, -0.1) is 11.3 Å². The van der Waals surface area contributed by atoms with Crippen LogP contribution in [0.3, 0.4) is 0 Å². The normalized spacial score (nSPS) is 9.84. The van der Waals surface area contributed by atoms with Crippen LogP contribution in [0.5, 0.6) is 0 Å². The van der Waals surface area contributed by atoms with E-state index >= 15 is 0 Å². The largest absolute Gasteiger partial charge is 0.473 e. The molecule has 1 aromatic heterocycles. The average Bonchev–Trinajstić information content (AvgIpc) is 2.82. The van der Waals surface area contributed by atoms with Crippen molar-refractivity contribution in [3.8, 4) is 0 Å². The third kappa shape index (κ3) is 11.4. The summed E-state index contributed by atoms with van der Waals surface area (Å²) in [5.74, 6) is -3.65. The summed E-state index contributed by atoms with van der Waals surface area (Å²) < 4.78 is 0. The molecule has 0 saturated heterocycles. The lowest BCUT2D eigenvalue weighted by atomic mass is 10.4. The highest BCUT2D eigenvalue weighted by molar-refractivity contribution is 7.09. The Morgan fingerprint density at radius 2 is 1.95 bits per heavy atom. The number of thiophene rings is 1. The minimum absolute atomic E-state index is 1.02. The zero-order valence-corrected chi connectivity index (χ0v) is 11.9. The summed E-state index contributed by atoms with van der Waals surface area (Å²) in [6.45, 7) is 3.29. The Balaban J connectivity index is 0.000000459. The molecule has 1 rings (SSSR count). The molecule has 0 atom stereocenters. The van der Waals surface area contributed by atoms with E-state index in [0.717, 1.165) is 19.6 Å². The molecule has 1 aromatic rings. The second-order valence-corrected chi connectivity index (χ2v) is 5.06.